The first-order chi connectivity index (χ1) is 14.6. The zero-order valence-electron chi connectivity index (χ0n) is 19.6. The predicted molar refractivity (Wildman–Crippen MR) is 133 cm³/mol. The molecule has 2 aliphatic carbocycles. The number of benzene rings is 2. The fourth-order valence-corrected chi connectivity index (χ4v) is 8.04. The van der Waals surface area contributed by atoms with Crippen molar-refractivity contribution in [2.45, 2.75) is 70.6 Å². The Hall–Kier alpha value is -2.13. The second-order valence-electron chi connectivity index (χ2n) is 11.1. The molecule has 2 nitrogen and oxygen atoms in total. The van der Waals surface area contributed by atoms with Gasteiger partial charge in [-0.2, -0.15) is 0 Å². The van der Waals surface area contributed by atoms with Crippen LogP contribution in [0.4, 0.5) is 0 Å². The van der Waals surface area contributed by atoms with Gasteiger partial charge in [-0.15, -0.1) is 0 Å². The topological polar surface area (TPSA) is 37.3 Å². The first-order valence-electron chi connectivity index (χ1n) is 11.8. The van der Waals surface area contributed by atoms with E-state index >= 15 is 0 Å². The van der Waals surface area contributed by atoms with Crippen LogP contribution in [0.5, 0.6) is 0 Å². The molecular formula is C28H36O2Si. The second kappa shape index (κ2) is 8.42. The van der Waals surface area contributed by atoms with E-state index in [0.717, 1.165) is 30.2 Å². The molecule has 1 N–H and O–H groups in total. The van der Waals surface area contributed by atoms with Crippen molar-refractivity contribution in [3.05, 3.63) is 75.9 Å². The van der Waals surface area contributed by atoms with Gasteiger partial charge in [0.05, 0.1) is 0 Å². The van der Waals surface area contributed by atoms with E-state index in [9.17, 15) is 4.79 Å². The van der Waals surface area contributed by atoms with Crippen molar-refractivity contribution in [3.8, 4) is 0 Å². The molecule has 0 fully saturated rings. The standard InChI is InChI=1S/C28H36O2Si/c1-18-12-21-9-10-23(15-24(21)13-19(18)2)26-16-22-8-6-20(7-11-28(29)30)14-25(22)17-27(26)31(3,4)5/h6-11,14-15,18-19,26-27H,12-13,16-17H2,1-5H3,(H,29,30)/b11-7+. The Labute approximate surface area is 188 Å². The SMILES string of the molecule is CC1Cc2ccc(C3Cc4ccc(/C=C/C(=O)O)cc4CC3[Si](C)(C)C)cc2CC1C. The fraction of sp³-hybridized carbons (Fsp3) is 0.464. The number of hydrogen-bond acceptors (Lipinski definition) is 1. The number of hydrogen-bond donors (Lipinski definition) is 1. The van der Waals surface area contributed by atoms with E-state index in [0.29, 0.717) is 11.5 Å². The molecule has 3 heteroatoms. The molecule has 0 heterocycles. The van der Waals surface area contributed by atoms with Gasteiger partial charge in [-0.1, -0.05) is 69.9 Å². The molecule has 2 aromatic rings. The van der Waals surface area contributed by atoms with Gasteiger partial charge in [0.2, 0.25) is 0 Å². The van der Waals surface area contributed by atoms with Gasteiger partial charge >= 0.3 is 5.97 Å². The monoisotopic (exact) mass is 432 g/mol. The summed E-state index contributed by atoms with van der Waals surface area (Å²) >= 11 is 0. The molecule has 0 radical (unpaired) electrons. The molecule has 4 rings (SSSR count). The van der Waals surface area contributed by atoms with E-state index < -0.39 is 14.0 Å². The molecule has 0 saturated carbocycles. The Balaban J connectivity index is 1.68. The first-order valence-corrected chi connectivity index (χ1v) is 15.3. The van der Waals surface area contributed by atoms with Crippen LogP contribution in [-0.4, -0.2) is 19.1 Å². The molecule has 31 heavy (non-hydrogen) atoms. The Morgan fingerprint density at radius 3 is 2.16 bits per heavy atom. The largest absolute Gasteiger partial charge is 0.478 e. The van der Waals surface area contributed by atoms with Gasteiger partial charge in [0.1, 0.15) is 0 Å². The highest BCUT2D eigenvalue weighted by Gasteiger charge is 2.38. The number of carboxylic acids is 1. The number of carbonyl (C=O) groups is 1. The predicted octanol–water partition coefficient (Wildman–Crippen LogP) is 6.75. The maximum Gasteiger partial charge on any atom is 0.328 e. The van der Waals surface area contributed by atoms with Gasteiger partial charge in [-0.3, -0.25) is 0 Å². The average Bonchev–Trinajstić information content (AvgIpc) is 2.71. The summed E-state index contributed by atoms with van der Waals surface area (Å²) in [5.41, 5.74) is 9.21. The van der Waals surface area contributed by atoms with Crippen LogP contribution < -0.4 is 0 Å². The molecule has 4 atom stereocenters. The van der Waals surface area contributed by atoms with E-state index in [1.165, 1.54) is 35.6 Å². The van der Waals surface area contributed by atoms with Crippen molar-refractivity contribution in [1.29, 1.82) is 0 Å². The minimum atomic E-state index is -1.40. The minimum Gasteiger partial charge on any atom is -0.478 e. The van der Waals surface area contributed by atoms with Gasteiger partial charge in [0.15, 0.2) is 0 Å². The molecule has 0 amide bonds. The van der Waals surface area contributed by atoms with Crippen LogP contribution in [0.2, 0.25) is 25.2 Å². The van der Waals surface area contributed by atoms with Gasteiger partial charge in [-0.25, -0.2) is 4.79 Å². The minimum absolute atomic E-state index is 0.583. The number of carboxylic acid groups (broad SMARTS) is 1. The van der Waals surface area contributed by atoms with Crippen LogP contribution in [-0.2, 0) is 30.5 Å². The van der Waals surface area contributed by atoms with E-state index in [1.54, 1.807) is 17.2 Å². The number of fused-ring (bicyclic) bond motifs is 2. The summed E-state index contributed by atoms with van der Waals surface area (Å²) in [6.45, 7) is 12.3. The molecule has 164 valence electrons. The van der Waals surface area contributed by atoms with Crippen LogP contribution in [0.3, 0.4) is 0 Å². The molecule has 0 saturated heterocycles. The normalized spacial score (nSPS) is 25.8. The third-order valence-electron chi connectivity index (χ3n) is 7.84. The zero-order valence-corrected chi connectivity index (χ0v) is 20.6. The number of aliphatic carboxylic acids is 1. The van der Waals surface area contributed by atoms with Crippen molar-refractivity contribution >= 4 is 20.1 Å². The average molecular weight is 433 g/mol. The van der Waals surface area contributed by atoms with Gasteiger partial charge < -0.3 is 5.11 Å². The van der Waals surface area contributed by atoms with Crippen molar-refractivity contribution < 1.29 is 9.90 Å². The van der Waals surface area contributed by atoms with Crippen molar-refractivity contribution in [2.75, 3.05) is 0 Å². The lowest BCUT2D eigenvalue weighted by molar-refractivity contribution is -0.131. The van der Waals surface area contributed by atoms with Crippen LogP contribution in [0.15, 0.2) is 42.5 Å². The van der Waals surface area contributed by atoms with Crippen molar-refractivity contribution in [1.82, 2.24) is 0 Å². The van der Waals surface area contributed by atoms with Gasteiger partial charge in [-0.05, 0) is 88.4 Å². The van der Waals surface area contributed by atoms with Crippen LogP contribution in [0.25, 0.3) is 6.08 Å². The molecule has 0 bridgehead atoms. The van der Waals surface area contributed by atoms with Gasteiger partial charge in [0.25, 0.3) is 0 Å². The van der Waals surface area contributed by atoms with Gasteiger partial charge in [0, 0.05) is 14.1 Å². The Morgan fingerprint density at radius 2 is 1.48 bits per heavy atom. The zero-order chi connectivity index (χ0) is 22.3. The maximum atomic E-state index is 10.9. The smallest absolute Gasteiger partial charge is 0.328 e. The van der Waals surface area contributed by atoms with E-state index in [1.807, 2.05) is 0 Å². The van der Waals surface area contributed by atoms with E-state index in [2.05, 4.69) is 69.9 Å². The Kier molecular flexibility index (Phi) is 6.00. The molecule has 0 spiro atoms. The summed E-state index contributed by atoms with van der Waals surface area (Å²) in [7, 11) is -1.40. The lowest BCUT2D eigenvalue weighted by Crippen LogP contribution is -2.37. The highest BCUT2D eigenvalue weighted by molar-refractivity contribution is 6.77. The van der Waals surface area contributed by atoms with Crippen molar-refractivity contribution in [2.24, 2.45) is 11.8 Å². The summed E-state index contributed by atoms with van der Waals surface area (Å²) in [6, 6.07) is 13.9. The molecule has 0 aliphatic heterocycles. The lowest BCUT2D eigenvalue weighted by atomic mass is 9.74. The maximum absolute atomic E-state index is 10.9. The van der Waals surface area contributed by atoms with Crippen molar-refractivity contribution in [3.63, 3.8) is 0 Å². The highest BCUT2D eigenvalue weighted by Crippen LogP contribution is 2.47. The summed E-state index contributed by atoms with van der Waals surface area (Å²) < 4.78 is 0. The highest BCUT2D eigenvalue weighted by atomic mass is 28.3. The lowest BCUT2D eigenvalue weighted by Gasteiger charge is -2.41. The Bertz CT molecular complexity index is 1010. The molecule has 0 aromatic heterocycles. The molecule has 2 aliphatic rings. The second-order valence-corrected chi connectivity index (χ2v) is 16.6. The van der Waals surface area contributed by atoms with Crippen LogP contribution >= 0.6 is 0 Å². The fourth-order valence-electron chi connectivity index (χ4n) is 5.69. The number of rotatable bonds is 4. The van der Waals surface area contributed by atoms with Crippen LogP contribution in [0.1, 0.15) is 53.1 Å². The summed E-state index contributed by atoms with van der Waals surface area (Å²) in [6.07, 6.45) is 7.58. The summed E-state index contributed by atoms with van der Waals surface area (Å²) in [5.74, 6) is 1.23. The molecular weight excluding hydrogens is 396 g/mol. The first kappa shape index (κ1) is 22.1. The quantitative estimate of drug-likeness (QED) is 0.429. The van der Waals surface area contributed by atoms with Crippen LogP contribution in [0, 0.1) is 11.8 Å². The third-order valence-corrected chi connectivity index (χ3v) is 10.7. The van der Waals surface area contributed by atoms with E-state index in [-0.39, 0.29) is 0 Å². The summed E-state index contributed by atoms with van der Waals surface area (Å²) in [5, 5.41) is 8.96. The van der Waals surface area contributed by atoms with E-state index in [4.69, 9.17) is 5.11 Å². The summed E-state index contributed by atoms with van der Waals surface area (Å²) in [4.78, 5) is 10.9. The molecule has 2 aromatic carbocycles. The molecule has 4 unspecified atom stereocenters. The third kappa shape index (κ3) is 4.72. The Morgan fingerprint density at radius 1 is 0.871 bits per heavy atom.